The van der Waals surface area contributed by atoms with Crippen LogP contribution in [0.3, 0.4) is 0 Å². The zero-order valence-corrected chi connectivity index (χ0v) is 18.3. The quantitative estimate of drug-likeness (QED) is 0.273. The molecule has 0 bridgehead atoms. The highest BCUT2D eigenvalue weighted by Gasteiger charge is 2.41. The molecular formula is C20H28F3IN4. The molecule has 0 unspecified atom stereocenters. The highest BCUT2D eigenvalue weighted by Crippen LogP contribution is 2.37. The molecule has 3 rings (SSSR count). The van der Waals surface area contributed by atoms with E-state index in [2.05, 4.69) is 56.9 Å². The number of guanidine groups is 1. The highest BCUT2D eigenvalue weighted by molar-refractivity contribution is 14.0. The molecule has 0 aromatic heterocycles. The molecule has 8 heteroatoms. The van der Waals surface area contributed by atoms with E-state index in [-0.39, 0.29) is 42.9 Å². The van der Waals surface area contributed by atoms with Gasteiger partial charge >= 0.3 is 6.18 Å². The molecule has 1 heterocycles. The number of anilines is 1. The van der Waals surface area contributed by atoms with Gasteiger partial charge in [-0.1, -0.05) is 24.3 Å². The van der Waals surface area contributed by atoms with Crippen LogP contribution in [0.4, 0.5) is 18.9 Å². The fourth-order valence-electron chi connectivity index (χ4n) is 3.65. The van der Waals surface area contributed by atoms with Crippen molar-refractivity contribution >= 4 is 35.6 Å². The molecule has 0 spiro atoms. The normalized spacial score (nSPS) is 22.7. The summed E-state index contributed by atoms with van der Waals surface area (Å²) >= 11 is 0. The molecule has 1 aromatic carbocycles. The van der Waals surface area contributed by atoms with Crippen LogP contribution < -0.4 is 15.5 Å². The third-order valence-electron chi connectivity index (χ3n) is 5.33. The first-order chi connectivity index (χ1) is 13.0. The van der Waals surface area contributed by atoms with E-state index in [0.29, 0.717) is 25.3 Å². The van der Waals surface area contributed by atoms with Crippen molar-refractivity contribution in [1.29, 1.82) is 0 Å². The minimum Gasteiger partial charge on any atom is -0.364 e. The Kier molecular flexibility index (Phi) is 8.45. The molecule has 1 aliphatic carbocycles. The minimum absolute atomic E-state index is 0. The fraction of sp³-hybridized carbons (Fsp3) is 0.550. The molecule has 0 atom stereocenters. The summed E-state index contributed by atoms with van der Waals surface area (Å²) in [4.78, 5) is 6.49. The maximum absolute atomic E-state index is 12.8. The summed E-state index contributed by atoms with van der Waals surface area (Å²) in [7, 11) is 1.68. The van der Waals surface area contributed by atoms with Crippen LogP contribution in [0.5, 0.6) is 0 Å². The lowest BCUT2D eigenvalue weighted by Gasteiger charge is -2.31. The van der Waals surface area contributed by atoms with Crippen LogP contribution in [-0.4, -0.2) is 38.3 Å². The average molecular weight is 508 g/mol. The molecule has 1 fully saturated rings. The molecule has 4 nitrogen and oxygen atoms in total. The van der Waals surface area contributed by atoms with Crippen LogP contribution in [-0.2, 0) is 6.54 Å². The lowest BCUT2D eigenvalue weighted by Crippen LogP contribution is -2.45. The number of alkyl halides is 3. The van der Waals surface area contributed by atoms with Crippen LogP contribution in [0.25, 0.3) is 0 Å². The number of hydrogen-bond donors (Lipinski definition) is 2. The molecule has 0 radical (unpaired) electrons. The fourth-order valence-corrected chi connectivity index (χ4v) is 3.65. The van der Waals surface area contributed by atoms with Gasteiger partial charge in [-0.25, -0.2) is 0 Å². The van der Waals surface area contributed by atoms with Crippen molar-refractivity contribution in [2.24, 2.45) is 10.9 Å². The maximum Gasteiger partial charge on any atom is 0.391 e. The van der Waals surface area contributed by atoms with Crippen molar-refractivity contribution in [3.05, 3.63) is 42.0 Å². The summed E-state index contributed by atoms with van der Waals surface area (Å²) in [5, 5.41) is 6.51. The summed E-state index contributed by atoms with van der Waals surface area (Å²) in [6.45, 7) is 2.52. The molecule has 28 heavy (non-hydrogen) atoms. The van der Waals surface area contributed by atoms with Crippen LogP contribution in [0.2, 0.25) is 0 Å². The van der Waals surface area contributed by atoms with Crippen molar-refractivity contribution in [2.45, 2.75) is 44.4 Å². The second kappa shape index (κ2) is 10.4. The van der Waals surface area contributed by atoms with E-state index >= 15 is 0 Å². The third-order valence-corrected chi connectivity index (χ3v) is 5.33. The van der Waals surface area contributed by atoms with Gasteiger partial charge in [0, 0.05) is 38.4 Å². The van der Waals surface area contributed by atoms with E-state index in [1.165, 1.54) is 5.69 Å². The summed E-state index contributed by atoms with van der Waals surface area (Å²) in [5.41, 5.74) is 2.34. The zero-order valence-electron chi connectivity index (χ0n) is 16.0. The summed E-state index contributed by atoms with van der Waals surface area (Å²) in [6, 6.07) is 8.43. The highest BCUT2D eigenvalue weighted by atomic mass is 127. The van der Waals surface area contributed by atoms with E-state index < -0.39 is 12.1 Å². The number of nitrogens with zero attached hydrogens (tertiary/aromatic N) is 2. The number of nitrogens with one attached hydrogen (secondary N) is 2. The molecule has 156 valence electrons. The van der Waals surface area contributed by atoms with Gasteiger partial charge in [-0.2, -0.15) is 13.2 Å². The Bertz CT molecular complexity index is 657. The van der Waals surface area contributed by atoms with Crippen LogP contribution in [0, 0.1) is 5.92 Å². The maximum atomic E-state index is 12.8. The standard InChI is InChI=1S/C20H27F3N4.HI/c1-24-19(26-17-8-6-16(7-9-17)20(21,22)23)25-14-15-4-10-18(11-5-15)27-12-2-3-13-27;/h2-5,10-11,16-17H,6-9,12-14H2,1H3,(H2,24,25,26);1H. The van der Waals surface area contributed by atoms with Gasteiger partial charge in [-0.3, -0.25) is 4.99 Å². The molecule has 1 aliphatic heterocycles. The van der Waals surface area contributed by atoms with Crippen molar-refractivity contribution in [3.63, 3.8) is 0 Å². The molecular weight excluding hydrogens is 480 g/mol. The zero-order chi connectivity index (χ0) is 19.3. The number of hydrogen-bond acceptors (Lipinski definition) is 2. The molecule has 2 N–H and O–H groups in total. The minimum atomic E-state index is -4.07. The molecule has 1 saturated carbocycles. The van der Waals surface area contributed by atoms with Gasteiger partial charge in [-0.05, 0) is 43.4 Å². The Morgan fingerprint density at radius 1 is 1.07 bits per heavy atom. The van der Waals surface area contributed by atoms with Crippen LogP contribution in [0.15, 0.2) is 41.4 Å². The van der Waals surface area contributed by atoms with Gasteiger partial charge in [0.15, 0.2) is 5.96 Å². The smallest absolute Gasteiger partial charge is 0.364 e. The van der Waals surface area contributed by atoms with Gasteiger partial charge in [0.25, 0.3) is 0 Å². The Labute approximate surface area is 181 Å². The Hall–Kier alpha value is -1.45. The second-order valence-electron chi connectivity index (χ2n) is 7.20. The first-order valence-electron chi connectivity index (χ1n) is 9.48. The number of aliphatic imine (C=N–C) groups is 1. The molecule has 1 aromatic rings. The van der Waals surface area contributed by atoms with E-state index in [1.54, 1.807) is 7.05 Å². The number of halogens is 4. The molecule has 0 saturated heterocycles. The van der Waals surface area contributed by atoms with E-state index in [0.717, 1.165) is 18.7 Å². The van der Waals surface area contributed by atoms with E-state index in [9.17, 15) is 13.2 Å². The Morgan fingerprint density at radius 3 is 2.21 bits per heavy atom. The lowest BCUT2D eigenvalue weighted by atomic mass is 9.85. The Morgan fingerprint density at radius 2 is 1.68 bits per heavy atom. The van der Waals surface area contributed by atoms with Gasteiger partial charge in [-0.15, -0.1) is 24.0 Å². The predicted molar refractivity (Wildman–Crippen MR) is 118 cm³/mol. The summed E-state index contributed by atoms with van der Waals surface area (Å²) in [5.74, 6) is -0.520. The average Bonchev–Trinajstić information content (AvgIpc) is 3.20. The van der Waals surface area contributed by atoms with E-state index in [1.807, 2.05) is 0 Å². The van der Waals surface area contributed by atoms with Crippen molar-refractivity contribution in [3.8, 4) is 0 Å². The van der Waals surface area contributed by atoms with Crippen LogP contribution in [0.1, 0.15) is 31.2 Å². The molecule has 2 aliphatic rings. The van der Waals surface area contributed by atoms with Gasteiger partial charge < -0.3 is 15.5 Å². The van der Waals surface area contributed by atoms with Crippen molar-refractivity contribution < 1.29 is 13.2 Å². The van der Waals surface area contributed by atoms with Crippen molar-refractivity contribution in [1.82, 2.24) is 10.6 Å². The van der Waals surface area contributed by atoms with Gasteiger partial charge in [0.1, 0.15) is 0 Å². The van der Waals surface area contributed by atoms with Gasteiger partial charge in [0.05, 0.1) is 5.92 Å². The first-order valence-corrected chi connectivity index (χ1v) is 9.48. The predicted octanol–water partition coefficient (Wildman–Crippen LogP) is 4.47. The number of rotatable bonds is 4. The van der Waals surface area contributed by atoms with Crippen molar-refractivity contribution in [2.75, 3.05) is 25.0 Å². The summed E-state index contributed by atoms with van der Waals surface area (Å²) in [6.07, 6.45) is 1.66. The third kappa shape index (κ3) is 6.28. The lowest BCUT2D eigenvalue weighted by molar-refractivity contribution is -0.182. The second-order valence-corrected chi connectivity index (χ2v) is 7.20. The molecule has 0 amide bonds. The first kappa shape index (κ1) is 22.8. The number of benzene rings is 1. The topological polar surface area (TPSA) is 39.7 Å². The largest absolute Gasteiger partial charge is 0.391 e. The SMILES string of the molecule is CN=C(NCc1ccc(N2CC=CC2)cc1)NC1CCC(C(F)(F)F)CC1.I. The van der Waals surface area contributed by atoms with E-state index in [4.69, 9.17) is 0 Å². The monoisotopic (exact) mass is 508 g/mol. The van der Waals surface area contributed by atoms with Crippen LogP contribution >= 0.6 is 24.0 Å². The Balaban J connectivity index is 0.00000280. The van der Waals surface area contributed by atoms with Gasteiger partial charge in [0.2, 0.25) is 0 Å². The summed E-state index contributed by atoms with van der Waals surface area (Å²) < 4.78 is 38.3.